The number of para-hydroxylation sites is 1. The third kappa shape index (κ3) is 5.76. The van der Waals surface area contributed by atoms with Gasteiger partial charge in [0.25, 0.3) is 5.91 Å². The summed E-state index contributed by atoms with van der Waals surface area (Å²) >= 11 is 4.64. The van der Waals surface area contributed by atoms with Crippen LogP contribution in [-0.2, 0) is 11.4 Å². The van der Waals surface area contributed by atoms with Gasteiger partial charge in [-0.05, 0) is 65.4 Å². The molecule has 0 spiro atoms. The third-order valence-electron chi connectivity index (χ3n) is 5.41. The molecule has 0 bridgehead atoms. The number of nitrogens with one attached hydrogen (secondary N) is 1. The van der Waals surface area contributed by atoms with Gasteiger partial charge in [-0.3, -0.25) is 10.2 Å². The van der Waals surface area contributed by atoms with Gasteiger partial charge in [-0.25, -0.2) is 0 Å². The molecule has 0 saturated heterocycles. The lowest BCUT2D eigenvalue weighted by Crippen LogP contribution is -2.35. The van der Waals surface area contributed by atoms with E-state index in [9.17, 15) is 4.79 Å². The first-order chi connectivity index (χ1) is 18.0. The molecule has 2 heterocycles. The van der Waals surface area contributed by atoms with Crippen molar-refractivity contribution in [3.8, 4) is 17.2 Å². The van der Waals surface area contributed by atoms with Crippen LogP contribution in [0.1, 0.15) is 11.1 Å². The van der Waals surface area contributed by atoms with Crippen LogP contribution in [0, 0.1) is 5.41 Å². The number of methoxy groups -OCH3 is 1. The molecule has 0 radical (unpaired) electrons. The van der Waals surface area contributed by atoms with Crippen molar-refractivity contribution in [3.05, 3.63) is 94.0 Å². The second-order valence-corrected chi connectivity index (χ2v) is 9.90. The van der Waals surface area contributed by atoms with E-state index in [1.165, 1.54) is 16.8 Å². The summed E-state index contributed by atoms with van der Waals surface area (Å²) in [6, 6.07) is 22.6. The first kappa shape index (κ1) is 24.8. The van der Waals surface area contributed by atoms with Crippen molar-refractivity contribution < 1.29 is 19.0 Å². The fourth-order valence-corrected chi connectivity index (χ4v) is 4.62. The third-order valence-corrected chi connectivity index (χ3v) is 6.82. The summed E-state index contributed by atoms with van der Waals surface area (Å²) in [5.41, 5.74) is 1.82. The summed E-state index contributed by atoms with van der Waals surface area (Å²) < 4.78 is 18.2. The largest absolute Gasteiger partial charge is 0.493 e. The number of aliphatic imine (C=N–C) groups is 1. The Morgan fingerprint density at radius 2 is 1.78 bits per heavy atom. The quantitative estimate of drug-likeness (QED) is 0.344. The molecule has 0 unspecified atom stereocenters. The van der Waals surface area contributed by atoms with Crippen LogP contribution in [0.3, 0.4) is 0 Å². The Labute approximate surface area is 226 Å². The van der Waals surface area contributed by atoms with Crippen molar-refractivity contribution in [1.82, 2.24) is 5.01 Å². The van der Waals surface area contributed by atoms with E-state index in [0.717, 1.165) is 10.0 Å². The van der Waals surface area contributed by atoms with Crippen LogP contribution >= 0.6 is 27.7 Å². The Balaban J connectivity index is 1.30. The fourth-order valence-electron chi connectivity index (χ4n) is 3.55. The molecule has 0 aliphatic carbocycles. The van der Waals surface area contributed by atoms with E-state index in [1.807, 2.05) is 54.6 Å². The van der Waals surface area contributed by atoms with E-state index in [-0.39, 0.29) is 18.0 Å². The Morgan fingerprint density at radius 3 is 2.54 bits per heavy atom. The van der Waals surface area contributed by atoms with Gasteiger partial charge in [0.15, 0.2) is 17.3 Å². The zero-order valence-corrected chi connectivity index (χ0v) is 22.1. The van der Waals surface area contributed by atoms with Gasteiger partial charge in [0.1, 0.15) is 24.0 Å². The minimum atomic E-state index is -0.501. The number of rotatable bonds is 8. The number of benzene rings is 3. The number of amidine groups is 2. The molecule has 2 aliphatic rings. The summed E-state index contributed by atoms with van der Waals surface area (Å²) in [5, 5.41) is 15.3. The van der Waals surface area contributed by atoms with Gasteiger partial charge in [0.05, 0.1) is 12.7 Å². The molecule has 1 amide bonds. The predicted molar refractivity (Wildman–Crippen MR) is 148 cm³/mol. The average molecular weight is 577 g/mol. The number of nitrogens with zero attached hydrogens (tertiary/aromatic N) is 3. The highest BCUT2D eigenvalue weighted by Gasteiger charge is 2.35. The maximum Gasteiger partial charge on any atom is 0.283 e. The topological polar surface area (TPSA) is 96.6 Å². The maximum absolute atomic E-state index is 12.8. The van der Waals surface area contributed by atoms with E-state index >= 15 is 0 Å². The van der Waals surface area contributed by atoms with Crippen molar-refractivity contribution in [2.45, 2.75) is 6.61 Å². The van der Waals surface area contributed by atoms with Gasteiger partial charge in [-0.15, -0.1) is 0 Å². The number of fused-ring (bicyclic) bond motifs is 1. The smallest absolute Gasteiger partial charge is 0.283 e. The van der Waals surface area contributed by atoms with Crippen LogP contribution in [0.4, 0.5) is 0 Å². The molecular weight excluding hydrogens is 556 g/mol. The standard InChI is InChI=1S/C27H21BrN4O4S/c1-34-23-14-18(9-12-22(23)36-15-17-7-10-19(28)11-8-17)13-21-25(29)32-27(30-26(21)33)37-24(31-32)16-35-20-5-3-2-4-6-20/h2-14,29H,15-16H2,1H3/b21-13-,29-25?. The number of carbonyl (C=O) groups excluding carboxylic acids is 1. The molecule has 0 fully saturated rings. The van der Waals surface area contributed by atoms with Crippen molar-refractivity contribution in [3.63, 3.8) is 0 Å². The fraction of sp³-hybridized carbons (Fsp3) is 0.111. The Morgan fingerprint density at radius 1 is 1.00 bits per heavy atom. The summed E-state index contributed by atoms with van der Waals surface area (Å²) in [4.78, 5) is 16.9. The van der Waals surface area contributed by atoms with Crippen molar-refractivity contribution in [2.24, 2.45) is 10.1 Å². The van der Waals surface area contributed by atoms with Crippen LogP contribution in [0.25, 0.3) is 6.08 Å². The lowest BCUT2D eigenvalue weighted by molar-refractivity contribution is -0.114. The zero-order chi connectivity index (χ0) is 25.8. The molecule has 0 aromatic heterocycles. The van der Waals surface area contributed by atoms with E-state index in [4.69, 9.17) is 19.6 Å². The Hall–Kier alpha value is -3.89. The summed E-state index contributed by atoms with van der Waals surface area (Å²) in [6.07, 6.45) is 1.60. The van der Waals surface area contributed by atoms with Gasteiger partial charge in [-0.2, -0.15) is 15.1 Å². The molecule has 8 nitrogen and oxygen atoms in total. The van der Waals surface area contributed by atoms with Gasteiger partial charge >= 0.3 is 0 Å². The normalized spacial score (nSPS) is 15.8. The Bertz CT molecular complexity index is 1440. The lowest BCUT2D eigenvalue weighted by atomic mass is 10.1. The number of carbonyl (C=O) groups is 1. The SMILES string of the molecule is COc1cc(/C=C2/C(=N)N3N=C(COc4ccccc4)SC3=NC2=O)ccc1OCc1ccc(Br)cc1. The minimum Gasteiger partial charge on any atom is -0.493 e. The molecule has 5 rings (SSSR count). The highest BCUT2D eigenvalue weighted by molar-refractivity contribution is 9.10. The first-order valence-electron chi connectivity index (χ1n) is 11.2. The van der Waals surface area contributed by atoms with E-state index in [2.05, 4.69) is 26.0 Å². The molecular formula is C27H21BrN4O4S. The van der Waals surface area contributed by atoms with E-state index in [1.54, 1.807) is 31.4 Å². The maximum atomic E-state index is 12.8. The monoisotopic (exact) mass is 576 g/mol. The highest BCUT2D eigenvalue weighted by Crippen LogP contribution is 2.32. The van der Waals surface area contributed by atoms with Crippen LogP contribution in [0.15, 0.2) is 92.9 Å². The molecule has 186 valence electrons. The van der Waals surface area contributed by atoms with Crippen LogP contribution < -0.4 is 14.2 Å². The van der Waals surface area contributed by atoms with Crippen molar-refractivity contribution in [2.75, 3.05) is 13.7 Å². The molecule has 2 aliphatic heterocycles. The molecule has 10 heteroatoms. The van der Waals surface area contributed by atoms with Crippen molar-refractivity contribution in [1.29, 1.82) is 5.41 Å². The lowest BCUT2D eigenvalue weighted by Gasteiger charge is -2.20. The number of ether oxygens (including phenoxy) is 3. The van der Waals surface area contributed by atoms with E-state index < -0.39 is 5.91 Å². The Kier molecular flexibility index (Phi) is 7.38. The second kappa shape index (κ2) is 11.0. The van der Waals surface area contributed by atoms with Gasteiger partial charge < -0.3 is 14.2 Å². The summed E-state index contributed by atoms with van der Waals surface area (Å²) in [5.74, 6) is 1.25. The minimum absolute atomic E-state index is 0.0493. The number of hydrogen-bond acceptors (Lipinski definition) is 7. The molecule has 1 N–H and O–H groups in total. The first-order valence-corrected chi connectivity index (χ1v) is 12.8. The zero-order valence-electron chi connectivity index (χ0n) is 19.7. The molecule has 0 saturated carbocycles. The number of hydrogen-bond donors (Lipinski definition) is 1. The van der Waals surface area contributed by atoms with Gasteiger partial charge in [0, 0.05) is 4.47 Å². The summed E-state index contributed by atoms with van der Waals surface area (Å²) in [6.45, 7) is 0.593. The predicted octanol–water partition coefficient (Wildman–Crippen LogP) is 5.73. The number of thioether (sulfide) groups is 1. The van der Waals surface area contributed by atoms with Crippen LogP contribution in [0.2, 0.25) is 0 Å². The van der Waals surface area contributed by atoms with Gasteiger partial charge in [-0.1, -0.05) is 52.3 Å². The number of amides is 1. The average Bonchev–Trinajstić information content (AvgIpc) is 3.33. The molecule has 3 aromatic carbocycles. The molecule has 37 heavy (non-hydrogen) atoms. The van der Waals surface area contributed by atoms with Crippen LogP contribution in [0.5, 0.6) is 17.2 Å². The van der Waals surface area contributed by atoms with Crippen molar-refractivity contribution >= 4 is 55.7 Å². The summed E-state index contributed by atoms with van der Waals surface area (Å²) in [7, 11) is 1.55. The highest BCUT2D eigenvalue weighted by atomic mass is 79.9. The second-order valence-electron chi connectivity index (χ2n) is 7.94. The molecule has 3 aromatic rings. The number of hydrazone groups is 1. The van der Waals surface area contributed by atoms with E-state index in [0.29, 0.717) is 39.6 Å². The van der Waals surface area contributed by atoms with Crippen LogP contribution in [-0.4, -0.2) is 40.7 Å². The van der Waals surface area contributed by atoms with Gasteiger partial charge in [0.2, 0.25) is 5.17 Å². The number of halogens is 1. The molecule has 0 atom stereocenters.